The molecule has 0 heterocycles. The maximum atomic E-state index is 10.4. The standard InChI is InChI=1S/C7H13BrO/c1-3-7(8)5-4-6(2)9/h7H,3-5H2,1-2H3/t7-/m0/s1. The lowest BCUT2D eigenvalue weighted by Crippen LogP contribution is -1.98. The molecule has 1 atom stereocenters. The number of carbonyl (C=O) groups excluding carboxylic acids is 1. The zero-order valence-corrected chi connectivity index (χ0v) is 7.57. The van der Waals surface area contributed by atoms with Crippen molar-refractivity contribution in [1.29, 1.82) is 0 Å². The van der Waals surface area contributed by atoms with E-state index in [2.05, 4.69) is 22.9 Å². The molecule has 54 valence electrons. The second kappa shape index (κ2) is 4.98. The number of ketones is 1. The Hall–Kier alpha value is 0.150. The molecule has 0 aromatic heterocycles. The fourth-order valence-corrected chi connectivity index (χ4v) is 0.793. The second-order valence-electron chi connectivity index (χ2n) is 2.25. The molecule has 9 heavy (non-hydrogen) atoms. The summed E-state index contributed by atoms with van der Waals surface area (Å²) in [6.07, 6.45) is 2.79. The van der Waals surface area contributed by atoms with Gasteiger partial charge in [0.1, 0.15) is 5.78 Å². The predicted molar refractivity (Wildman–Crippen MR) is 42.9 cm³/mol. The number of hydrogen-bond acceptors (Lipinski definition) is 1. The van der Waals surface area contributed by atoms with Crippen LogP contribution in [0.2, 0.25) is 0 Å². The van der Waals surface area contributed by atoms with E-state index in [0.717, 1.165) is 12.8 Å². The third-order valence-electron chi connectivity index (χ3n) is 1.25. The Morgan fingerprint density at radius 3 is 2.56 bits per heavy atom. The molecule has 0 aliphatic heterocycles. The quantitative estimate of drug-likeness (QED) is 0.627. The summed E-state index contributed by atoms with van der Waals surface area (Å²) in [5.41, 5.74) is 0. The summed E-state index contributed by atoms with van der Waals surface area (Å²) in [5.74, 6) is 0.285. The Labute approximate surface area is 65.0 Å². The first-order chi connectivity index (χ1) is 4.16. The fraction of sp³-hybridized carbons (Fsp3) is 0.857. The minimum Gasteiger partial charge on any atom is -0.300 e. The van der Waals surface area contributed by atoms with Gasteiger partial charge in [-0.15, -0.1) is 0 Å². The maximum Gasteiger partial charge on any atom is 0.129 e. The molecule has 0 unspecified atom stereocenters. The molecule has 2 heteroatoms. The van der Waals surface area contributed by atoms with E-state index < -0.39 is 0 Å². The molecule has 0 spiro atoms. The van der Waals surface area contributed by atoms with Gasteiger partial charge in [-0.25, -0.2) is 0 Å². The summed E-state index contributed by atoms with van der Waals surface area (Å²) in [7, 11) is 0. The average molecular weight is 193 g/mol. The van der Waals surface area contributed by atoms with Crippen molar-refractivity contribution in [3.63, 3.8) is 0 Å². The summed E-state index contributed by atoms with van der Waals surface area (Å²) >= 11 is 3.45. The van der Waals surface area contributed by atoms with Crippen molar-refractivity contribution in [3.8, 4) is 0 Å². The van der Waals surface area contributed by atoms with Crippen LogP contribution in [0.4, 0.5) is 0 Å². The van der Waals surface area contributed by atoms with Gasteiger partial charge in [0.15, 0.2) is 0 Å². The minimum atomic E-state index is 0.285. The first-order valence-electron chi connectivity index (χ1n) is 3.30. The van der Waals surface area contributed by atoms with Crippen molar-refractivity contribution >= 4 is 21.7 Å². The highest BCUT2D eigenvalue weighted by Crippen LogP contribution is 2.11. The highest BCUT2D eigenvalue weighted by Gasteiger charge is 2.01. The van der Waals surface area contributed by atoms with Crippen molar-refractivity contribution in [3.05, 3.63) is 0 Å². The van der Waals surface area contributed by atoms with E-state index in [1.165, 1.54) is 0 Å². The lowest BCUT2D eigenvalue weighted by atomic mass is 10.1. The molecule has 0 aromatic rings. The summed E-state index contributed by atoms with van der Waals surface area (Å²) < 4.78 is 0. The van der Waals surface area contributed by atoms with E-state index in [-0.39, 0.29) is 5.78 Å². The smallest absolute Gasteiger partial charge is 0.129 e. The van der Waals surface area contributed by atoms with Crippen molar-refractivity contribution in [1.82, 2.24) is 0 Å². The van der Waals surface area contributed by atoms with Crippen LogP contribution in [0.5, 0.6) is 0 Å². The van der Waals surface area contributed by atoms with Crippen molar-refractivity contribution in [2.24, 2.45) is 0 Å². The Kier molecular flexibility index (Phi) is 5.06. The van der Waals surface area contributed by atoms with Gasteiger partial charge in [0.2, 0.25) is 0 Å². The first kappa shape index (κ1) is 9.15. The van der Waals surface area contributed by atoms with Crippen LogP contribution in [-0.4, -0.2) is 10.6 Å². The van der Waals surface area contributed by atoms with Crippen LogP contribution in [0.25, 0.3) is 0 Å². The molecule has 0 fully saturated rings. The Balaban J connectivity index is 3.16. The third-order valence-corrected chi connectivity index (χ3v) is 2.36. The molecule has 0 saturated carbocycles. The molecular weight excluding hydrogens is 180 g/mol. The highest BCUT2D eigenvalue weighted by atomic mass is 79.9. The van der Waals surface area contributed by atoms with Gasteiger partial charge in [0.05, 0.1) is 0 Å². The topological polar surface area (TPSA) is 17.1 Å². The van der Waals surface area contributed by atoms with Crippen molar-refractivity contribution < 1.29 is 4.79 Å². The highest BCUT2D eigenvalue weighted by molar-refractivity contribution is 9.09. The third kappa shape index (κ3) is 6.03. The lowest BCUT2D eigenvalue weighted by Gasteiger charge is -2.02. The molecule has 0 bridgehead atoms. The van der Waals surface area contributed by atoms with Crippen LogP contribution in [0, 0.1) is 0 Å². The van der Waals surface area contributed by atoms with Gasteiger partial charge in [-0.1, -0.05) is 22.9 Å². The first-order valence-corrected chi connectivity index (χ1v) is 4.22. The Morgan fingerprint density at radius 2 is 2.22 bits per heavy atom. The number of halogens is 1. The lowest BCUT2D eigenvalue weighted by molar-refractivity contribution is -0.117. The van der Waals surface area contributed by atoms with Crippen LogP contribution >= 0.6 is 15.9 Å². The van der Waals surface area contributed by atoms with Gasteiger partial charge >= 0.3 is 0 Å². The molecular formula is C7H13BrO. The van der Waals surface area contributed by atoms with Crippen LogP contribution in [0.1, 0.15) is 33.1 Å². The zero-order chi connectivity index (χ0) is 7.28. The van der Waals surface area contributed by atoms with Gasteiger partial charge in [0.25, 0.3) is 0 Å². The molecule has 0 amide bonds. The van der Waals surface area contributed by atoms with E-state index in [1.807, 2.05) is 0 Å². The minimum absolute atomic E-state index is 0.285. The number of alkyl halides is 1. The maximum absolute atomic E-state index is 10.4. The van der Waals surface area contributed by atoms with Gasteiger partial charge < -0.3 is 4.79 Å². The zero-order valence-electron chi connectivity index (χ0n) is 5.98. The van der Waals surface area contributed by atoms with E-state index in [0.29, 0.717) is 11.2 Å². The van der Waals surface area contributed by atoms with E-state index in [4.69, 9.17) is 0 Å². The van der Waals surface area contributed by atoms with Gasteiger partial charge in [0, 0.05) is 11.2 Å². The van der Waals surface area contributed by atoms with Crippen LogP contribution < -0.4 is 0 Å². The van der Waals surface area contributed by atoms with Crippen molar-refractivity contribution in [2.45, 2.75) is 37.9 Å². The number of hydrogen-bond donors (Lipinski definition) is 0. The molecule has 1 nitrogen and oxygen atoms in total. The molecule has 0 aliphatic carbocycles. The van der Waals surface area contributed by atoms with Crippen LogP contribution in [0.3, 0.4) is 0 Å². The van der Waals surface area contributed by atoms with Gasteiger partial charge in [-0.3, -0.25) is 0 Å². The van der Waals surface area contributed by atoms with Crippen LogP contribution in [0.15, 0.2) is 0 Å². The van der Waals surface area contributed by atoms with Gasteiger partial charge in [-0.2, -0.15) is 0 Å². The monoisotopic (exact) mass is 192 g/mol. The fourth-order valence-electron chi connectivity index (χ4n) is 0.564. The largest absolute Gasteiger partial charge is 0.300 e. The summed E-state index contributed by atoms with van der Waals surface area (Å²) in [6.45, 7) is 3.74. The van der Waals surface area contributed by atoms with Crippen molar-refractivity contribution in [2.75, 3.05) is 0 Å². The Morgan fingerprint density at radius 1 is 1.67 bits per heavy atom. The number of Topliss-reactive ketones (excluding diaryl/α,β-unsaturated/α-hetero) is 1. The van der Waals surface area contributed by atoms with Gasteiger partial charge in [-0.05, 0) is 19.8 Å². The van der Waals surface area contributed by atoms with E-state index in [9.17, 15) is 4.79 Å². The normalized spacial score (nSPS) is 13.2. The molecule has 0 radical (unpaired) electrons. The molecule has 0 aliphatic rings. The predicted octanol–water partition coefficient (Wildman–Crippen LogP) is 2.53. The van der Waals surface area contributed by atoms with E-state index >= 15 is 0 Å². The molecule has 0 aromatic carbocycles. The van der Waals surface area contributed by atoms with E-state index in [1.54, 1.807) is 6.92 Å². The second-order valence-corrected chi connectivity index (χ2v) is 3.54. The summed E-state index contributed by atoms with van der Waals surface area (Å²) in [4.78, 5) is 11.0. The van der Waals surface area contributed by atoms with Crippen LogP contribution in [-0.2, 0) is 4.79 Å². The Bertz CT molecular complexity index is 90.9. The molecule has 0 rings (SSSR count). The molecule has 0 saturated heterocycles. The number of carbonyl (C=O) groups is 1. The summed E-state index contributed by atoms with van der Waals surface area (Å²) in [6, 6.07) is 0. The number of rotatable bonds is 4. The summed E-state index contributed by atoms with van der Waals surface area (Å²) in [5, 5.41) is 0. The SMILES string of the molecule is CC[C@H](Br)CCC(C)=O. The average Bonchev–Trinajstić information content (AvgIpc) is 1.83. The molecule has 0 N–H and O–H groups in total.